The summed E-state index contributed by atoms with van der Waals surface area (Å²) in [5.41, 5.74) is 2.59. The Balaban J connectivity index is 1.18. The molecule has 4 saturated carbocycles. The van der Waals surface area contributed by atoms with Crippen LogP contribution in [0.2, 0.25) is 0 Å². The molecule has 2 heterocycles. The van der Waals surface area contributed by atoms with E-state index in [2.05, 4.69) is 25.8 Å². The molecule has 2 unspecified atom stereocenters. The number of aliphatic hydroxyl groups is 1. The summed E-state index contributed by atoms with van der Waals surface area (Å²) in [6.07, 6.45) is 7.72. The maximum Gasteiger partial charge on any atom is 0.229 e. The fourth-order valence-corrected chi connectivity index (χ4v) is 6.50. The highest BCUT2D eigenvalue weighted by Crippen LogP contribution is 2.56. The molecular weight excluding hydrogens is 416 g/mol. The average molecular weight is 447 g/mol. The number of hydrogen-bond acceptors (Lipinski definition) is 8. The van der Waals surface area contributed by atoms with E-state index in [4.69, 9.17) is 9.40 Å². The van der Waals surface area contributed by atoms with E-state index < -0.39 is 5.60 Å². The van der Waals surface area contributed by atoms with Gasteiger partial charge in [-0.05, 0) is 74.5 Å². The first-order valence-corrected chi connectivity index (χ1v) is 11.9. The van der Waals surface area contributed by atoms with Crippen molar-refractivity contribution in [3.05, 3.63) is 53.4 Å². The Morgan fingerprint density at radius 3 is 2.67 bits per heavy atom. The molecular formula is C25H30N6O2. The number of nitrogens with zero attached hydrogens (tertiary/aromatic N) is 4. The van der Waals surface area contributed by atoms with Gasteiger partial charge in [0.05, 0.1) is 12.0 Å². The Labute approximate surface area is 193 Å². The van der Waals surface area contributed by atoms with Crippen molar-refractivity contribution in [2.45, 2.75) is 64.0 Å². The standard InChI is InChI=1S/C25H30N6O2/c1-14-13-26-24(27-20-5-3-4-16(8-20)9-21-31-30-15(2)33-21)29-23(14)28-22-18-6-17-7-19(22)12-25(32,10-17)11-18/h3-5,8,13,17-19,22,32H,6-7,9-12H2,1-2H3,(H2,26,27,28,29)/t17?,18?,19?,22-,25+. The lowest BCUT2D eigenvalue weighted by Crippen LogP contribution is -2.59. The van der Waals surface area contributed by atoms with Crippen LogP contribution >= 0.6 is 0 Å². The Bertz CT molecular complexity index is 1160. The molecule has 172 valence electrons. The van der Waals surface area contributed by atoms with Crippen LogP contribution in [0, 0.1) is 31.6 Å². The van der Waals surface area contributed by atoms with Crippen LogP contribution in [-0.2, 0) is 6.42 Å². The summed E-state index contributed by atoms with van der Waals surface area (Å²) in [6, 6.07) is 8.46. The van der Waals surface area contributed by atoms with Crippen molar-refractivity contribution in [3.63, 3.8) is 0 Å². The van der Waals surface area contributed by atoms with Crippen LogP contribution in [0.1, 0.15) is 55.0 Å². The molecule has 3 aromatic rings. The Kier molecular flexibility index (Phi) is 4.87. The van der Waals surface area contributed by atoms with Gasteiger partial charge in [0.1, 0.15) is 5.82 Å². The van der Waals surface area contributed by atoms with E-state index in [1.54, 1.807) is 6.92 Å². The minimum Gasteiger partial charge on any atom is -0.425 e. The highest BCUT2D eigenvalue weighted by molar-refractivity contribution is 5.57. The maximum absolute atomic E-state index is 10.9. The average Bonchev–Trinajstić information content (AvgIpc) is 3.16. The third-order valence-corrected chi connectivity index (χ3v) is 7.62. The van der Waals surface area contributed by atoms with Crippen molar-refractivity contribution in [1.29, 1.82) is 0 Å². The summed E-state index contributed by atoms with van der Waals surface area (Å²) >= 11 is 0. The van der Waals surface area contributed by atoms with E-state index in [-0.39, 0.29) is 0 Å². The van der Waals surface area contributed by atoms with Gasteiger partial charge >= 0.3 is 0 Å². The number of hydrogen-bond donors (Lipinski definition) is 3. The minimum atomic E-state index is -0.424. The van der Waals surface area contributed by atoms with Crippen molar-refractivity contribution in [1.82, 2.24) is 20.2 Å². The number of nitrogens with one attached hydrogen (secondary N) is 2. The van der Waals surface area contributed by atoms with E-state index in [9.17, 15) is 5.11 Å². The van der Waals surface area contributed by atoms with Crippen LogP contribution in [-0.4, -0.2) is 36.9 Å². The minimum absolute atomic E-state index is 0.379. The van der Waals surface area contributed by atoms with E-state index in [1.165, 1.54) is 12.8 Å². The Hall–Kier alpha value is -3.00. The molecule has 4 aliphatic rings. The van der Waals surface area contributed by atoms with E-state index in [0.717, 1.165) is 41.9 Å². The molecule has 2 atom stereocenters. The topological polar surface area (TPSA) is 109 Å². The van der Waals surface area contributed by atoms with Crippen molar-refractivity contribution < 1.29 is 9.52 Å². The number of rotatable bonds is 6. The second-order valence-corrected chi connectivity index (χ2v) is 10.3. The first-order chi connectivity index (χ1) is 15.9. The first kappa shape index (κ1) is 20.6. The van der Waals surface area contributed by atoms with Gasteiger partial charge in [-0.15, -0.1) is 10.2 Å². The molecule has 1 aromatic carbocycles. The van der Waals surface area contributed by atoms with Crippen molar-refractivity contribution >= 4 is 17.5 Å². The zero-order valence-corrected chi connectivity index (χ0v) is 19.1. The van der Waals surface area contributed by atoms with Crippen LogP contribution in [0.4, 0.5) is 17.5 Å². The van der Waals surface area contributed by atoms with Crippen LogP contribution in [0.3, 0.4) is 0 Å². The monoisotopic (exact) mass is 446 g/mol. The molecule has 8 nitrogen and oxygen atoms in total. The molecule has 0 aliphatic heterocycles. The normalized spacial score (nSPS) is 29.9. The second kappa shape index (κ2) is 7.80. The lowest BCUT2D eigenvalue weighted by atomic mass is 9.52. The van der Waals surface area contributed by atoms with Gasteiger partial charge in [0.15, 0.2) is 0 Å². The lowest BCUT2D eigenvalue weighted by Gasteiger charge is -2.58. The fraction of sp³-hybridized carbons (Fsp3) is 0.520. The van der Waals surface area contributed by atoms with E-state index in [1.807, 2.05) is 37.4 Å². The summed E-state index contributed by atoms with van der Waals surface area (Å²) in [5.74, 6) is 4.36. The summed E-state index contributed by atoms with van der Waals surface area (Å²) in [7, 11) is 0. The summed E-state index contributed by atoms with van der Waals surface area (Å²) in [6.45, 7) is 3.84. The summed E-state index contributed by atoms with van der Waals surface area (Å²) in [4.78, 5) is 9.32. The molecule has 0 spiro atoms. The van der Waals surface area contributed by atoms with Gasteiger partial charge in [0.2, 0.25) is 17.7 Å². The predicted octanol–water partition coefficient (Wildman–Crippen LogP) is 4.16. The predicted molar refractivity (Wildman–Crippen MR) is 124 cm³/mol. The Morgan fingerprint density at radius 1 is 1.12 bits per heavy atom. The van der Waals surface area contributed by atoms with Crippen molar-refractivity contribution in [2.75, 3.05) is 10.6 Å². The van der Waals surface area contributed by atoms with Gasteiger partial charge in [-0.2, -0.15) is 4.98 Å². The molecule has 0 amide bonds. The number of aryl methyl sites for hydroxylation is 2. The third-order valence-electron chi connectivity index (χ3n) is 7.62. The number of anilines is 3. The van der Waals surface area contributed by atoms with Gasteiger partial charge in [-0.3, -0.25) is 0 Å². The SMILES string of the molecule is Cc1nnc(Cc2cccc(Nc3ncc(C)c(N[C@H]4C5CC6CC4C[C@@](O)(C6)C5)n3)c2)o1. The number of benzene rings is 1. The largest absolute Gasteiger partial charge is 0.425 e. The van der Waals surface area contributed by atoms with Crippen LogP contribution in [0.5, 0.6) is 0 Å². The molecule has 2 aromatic heterocycles. The zero-order chi connectivity index (χ0) is 22.6. The molecule has 0 saturated heterocycles. The van der Waals surface area contributed by atoms with Crippen LogP contribution in [0.25, 0.3) is 0 Å². The van der Waals surface area contributed by atoms with Crippen molar-refractivity contribution in [2.24, 2.45) is 17.8 Å². The third kappa shape index (κ3) is 4.08. The van der Waals surface area contributed by atoms with Gasteiger partial charge in [-0.25, -0.2) is 4.98 Å². The van der Waals surface area contributed by atoms with Gasteiger partial charge < -0.3 is 20.2 Å². The molecule has 4 bridgehead atoms. The van der Waals surface area contributed by atoms with Crippen LogP contribution in [0.15, 0.2) is 34.9 Å². The summed E-state index contributed by atoms with van der Waals surface area (Å²) in [5, 5.41) is 26.0. The van der Waals surface area contributed by atoms with Crippen LogP contribution < -0.4 is 10.6 Å². The molecule has 33 heavy (non-hydrogen) atoms. The Morgan fingerprint density at radius 2 is 1.94 bits per heavy atom. The second-order valence-electron chi connectivity index (χ2n) is 10.3. The van der Waals surface area contributed by atoms with Gasteiger partial charge in [-0.1, -0.05) is 12.1 Å². The quantitative estimate of drug-likeness (QED) is 0.518. The number of aromatic nitrogens is 4. The maximum atomic E-state index is 10.9. The molecule has 8 heteroatoms. The van der Waals surface area contributed by atoms with E-state index in [0.29, 0.717) is 47.9 Å². The molecule has 4 aliphatic carbocycles. The lowest BCUT2D eigenvalue weighted by molar-refractivity contribution is -0.129. The van der Waals surface area contributed by atoms with Gasteiger partial charge in [0.25, 0.3) is 0 Å². The summed E-state index contributed by atoms with van der Waals surface area (Å²) < 4.78 is 5.50. The molecule has 0 radical (unpaired) electrons. The first-order valence-electron chi connectivity index (χ1n) is 11.9. The van der Waals surface area contributed by atoms with Gasteiger partial charge in [0, 0.05) is 30.4 Å². The zero-order valence-electron chi connectivity index (χ0n) is 19.1. The smallest absolute Gasteiger partial charge is 0.229 e. The molecule has 4 fully saturated rings. The fourth-order valence-electron chi connectivity index (χ4n) is 6.50. The van der Waals surface area contributed by atoms with Crippen molar-refractivity contribution in [3.8, 4) is 0 Å². The van der Waals surface area contributed by atoms with E-state index >= 15 is 0 Å². The highest BCUT2D eigenvalue weighted by atomic mass is 16.4. The molecule has 7 rings (SSSR count). The highest BCUT2D eigenvalue weighted by Gasteiger charge is 2.54. The molecule has 3 N–H and O–H groups in total.